The fraction of sp³-hybridized carbons (Fsp3) is 0.625. The second-order valence-corrected chi connectivity index (χ2v) is 8.49. The van der Waals surface area contributed by atoms with Crippen molar-refractivity contribution in [2.24, 2.45) is 0 Å². The zero-order valence-corrected chi connectivity index (χ0v) is 13.8. The molecule has 21 heavy (non-hydrogen) atoms. The summed E-state index contributed by atoms with van der Waals surface area (Å²) in [5.74, 6) is 0. The molecular formula is C16H22ClN2OP. The van der Waals surface area contributed by atoms with Crippen molar-refractivity contribution in [3.63, 3.8) is 0 Å². The second-order valence-electron chi connectivity index (χ2n) is 6.22. The molecule has 1 aliphatic carbocycles. The summed E-state index contributed by atoms with van der Waals surface area (Å²) < 4.78 is 11.6. The van der Waals surface area contributed by atoms with Gasteiger partial charge < -0.3 is 9.19 Å². The third-order valence-electron chi connectivity index (χ3n) is 4.81. The van der Waals surface area contributed by atoms with Crippen molar-refractivity contribution in [3.05, 3.63) is 30.3 Å². The lowest BCUT2D eigenvalue weighted by Gasteiger charge is -2.32. The van der Waals surface area contributed by atoms with Crippen molar-refractivity contribution >= 4 is 25.7 Å². The van der Waals surface area contributed by atoms with Gasteiger partial charge in [0.1, 0.15) is 0 Å². The van der Waals surface area contributed by atoms with Crippen LogP contribution in [-0.4, -0.2) is 35.3 Å². The van der Waals surface area contributed by atoms with Crippen LogP contribution < -0.4 is 4.67 Å². The molecule has 1 saturated carbocycles. The Kier molecular flexibility index (Phi) is 4.10. The van der Waals surface area contributed by atoms with Gasteiger partial charge in [-0.25, -0.2) is 4.67 Å². The molecule has 0 radical (unpaired) electrons. The number of hydrogen-bond donors (Lipinski definition) is 0. The first-order valence-electron chi connectivity index (χ1n) is 8.03. The summed E-state index contributed by atoms with van der Waals surface area (Å²) in [6, 6.07) is 11.4. The van der Waals surface area contributed by atoms with E-state index in [9.17, 15) is 0 Å². The maximum atomic E-state index is 6.55. The summed E-state index contributed by atoms with van der Waals surface area (Å²) in [5, 5.41) is 0.201. The molecule has 114 valence electrons. The van der Waals surface area contributed by atoms with Crippen LogP contribution in [0.4, 0.5) is 5.69 Å². The topological polar surface area (TPSA) is 15.7 Å². The summed E-state index contributed by atoms with van der Waals surface area (Å²) in [6.07, 6.45) is 6.28. The second kappa shape index (κ2) is 6.04. The minimum atomic E-state index is -0.681. The number of nitrogens with zero attached hydrogens (tertiary/aromatic N) is 2. The van der Waals surface area contributed by atoms with Crippen molar-refractivity contribution in [3.8, 4) is 0 Å². The average molecular weight is 325 g/mol. The summed E-state index contributed by atoms with van der Waals surface area (Å²) >= 11 is 6.44. The van der Waals surface area contributed by atoms with Gasteiger partial charge in [0.05, 0.1) is 11.5 Å². The molecule has 0 aromatic heterocycles. The number of anilines is 1. The van der Waals surface area contributed by atoms with Gasteiger partial charge in [-0.05, 0) is 44.2 Å². The van der Waals surface area contributed by atoms with Gasteiger partial charge in [-0.15, -0.1) is 11.6 Å². The molecule has 1 aromatic carbocycles. The van der Waals surface area contributed by atoms with Gasteiger partial charge in [-0.2, -0.15) is 0 Å². The molecule has 1 unspecified atom stereocenters. The molecule has 2 heterocycles. The summed E-state index contributed by atoms with van der Waals surface area (Å²) in [5.41, 5.74) is 1.29. The van der Waals surface area contributed by atoms with E-state index in [1.807, 2.05) is 0 Å². The Morgan fingerprint density at radius 2 is 1.95 bits per heavy atom. The Balaban J connectivity index is 1.57. The molecule has 0 bridgehead atoms. The molecule has 2 saturated heterocycles. The van der Waals surface area contributed by atoms with E-state index in [1.165, 1.54) is 31.5 Å². The summed E-state index contributed by atoms with van der Waals surface area (Å²) in [6.45, 7) is 2.29. The molecule has 1 aromatic rings. The quantitative estimate of drug-likeness (QED) is 0.606. The largest absolute Gasteiger partial charge is 0.322 e. The standard InChI is InChI=1S/C16H22ClN2OP/c17-15-9-4-10-16(15)20-21-18-11-5-8-14(18)12-19(21)13-6-2-1-3-7-13/h1-3,6-7,14-16H,4-5,8-12H2/t14-,15+,16+,21?/m0/s1. The zero-order chi connectivity index (χ0) is 14.2. The van der Waals surface area contributed by atoms with E-state index in [-0.39, 0.29) is 11.5 Å². The minimum absolute atomic E-state index is 0.201. The molecule has 0 N–H and O–H groups in total. The van der Waals surface area contributed by atoms with Crippen molar-refractivity contribution in [1.29, 1.82) is 0 Å². The van der Waals surface area contributed by atoms with Crippen LogP contribution in [0.2, 0.25) is 0 Å². The molecule has 3 fully saturated rings. The van der Waals surface area contributed by atoms with E-state index in [2.05, 4.69) is 39.7 Å². The predicted octanol–water partition coefficient (Wildman–Crippen LogP) is 4.37. The molecule has 3 nitrogen and oxygen atoms in total. The lowest BCUT2D eigenvalue weighted by atomic mass is 10.2. The van der Waals surface area contributed by atoms with Gasteiger partial charge in [0.25, 0.3) is 0 Å². The van der Waals surface area contributed by atoms with Crippen LogP contribution >= 0.6 is 20.1 Å². The highest BCUT2D eigenvalue weighted by Gasteiger charge is 2.46. The first-order chi connectivity index (χ1) is 10.3. The average Bonchev–Trinajstić information content (AvgIpc) is 3.19. The van der Waals surface area contributed by atoms with Crippen LogP contribution in [0.15, 0.2) is 30.3 Å². The van der Waals surface area contributed by atoms with E-state index in [0.717, 1.165) is 19.4 Å². The lowest BCUT2D eigenvalue weighted by Crippen LogP contribution is -2.24. The first kappa shape index (κ1) is 14.3. The third-order valence-corrected chi connectivity index (χ3v) is 7.54. The number of halogens is 1. The number of benzene rings is 1. The van der Waals surface area contributed by atoms with Crippen LogP contribution in [0.1, 0.15) is 32.1 Å². The van der Waals surface area contributed by atoms with Gasteiger partial charge in [-0.1, -0.05) is 18.2 Å². The van der Waals surface area contributed by atoms with Gasteiger partial charge >= 0.3 is 0 Å². The lowest BCUT2D eigenvalue weighted by molar-refractivity contribution is 0.220. The van der Waals surface area contributed by atoms with E-state index in [4.69, 9.17) is 16.1 Å². The Bertz CT molecular complexity index is 488. The molecule has 0 spiro atoms. The molecule has 0 amide bonds. The highest BCUT2D eigenvalue weighted by atomic mass is 35.5. The van der Waals surface area contributed by atoms with Crippen LogP contribution in [-0.2, 0) is 4.52 Å². The summed E-state index contributed by atoms with van der Waals surface area (Å²) in [4.78, 5) is 0. The molecular weight excluding hydrogens is 303 g/mol. The zero-order valence-electron chi connectivity index (χ0n) is 12.2. The fourth-order valence-electron chi connectivity index (χ4n) is 3.68. The van der Waals surface area contributed by atoms with Gasteiger partial charge in [0.2, 0.25) is 8.45 Å². The van der Waals surface area contributed by atoms with Crippen LogP contribution in [0, 0.1) is 0 Å². The van der Waals surface area contributed by atoms with Crippen molar-refractivity contribution in [2.75, 3.05) is 17.8 Å². The number of fused-ring (bicyclic) bond motifs is 1. The van der Waals surface area contributed by atoms with E-state index in [1.54, 1.807) is 0 Å². The fourth-order valence-corrected chi connectivity index (χ4v) is 6.53. The van der Waals surface area contributed by atoms with E-state index in [0.29, 0.717) is 6.04 Å². The Labute approximate surface area is 133 Å². The van der Waals surface area contributed by atoms with Gasteiger partial charge in [0.15, 0.2) is 0 Å². The Morgan fingerprint density at radius 3 is 2.71 bits per heavy atom. The van der Waals surface area contributed by atoms with E-state index < -0.39 is 8.45 Å². The van der Waals surface area contributed by atoms with Gasteiger partial charge in [-0.3, -0.25) is 0 Å². The third kappa shape index (κ3) is 2.70. The van der Waals surface area contributed by atoms with Crippen LogP contribution in [0.5, 0.6) is 0 Å². The molecule has 4 rings (SSSR count). The maximum Gasteiger partial charge on any atom is 0.218 e. The van der Waals surface area contributed by atoms with Crippen molar-refractivity contribution < 1.29 is 4.52 Å². The van der Waals surface area contributed by atoms with E-state index >= 15 is 0 Å². The SMILES string of the molecule is Cl[C@@H]1CCC[C@H]1OP1N(c2ccccc2)C[C@@H]2CCCN21. The number of para-hydroxylation sites is 1. The predicted molar refractivity (Wildman–Crippen MR) is 88.8 cm³/mol. The maximum absolute atomic E-state index is 6.55. The number of rotatable bonds is 3. The molecule has 3 aliphatic rings. The Morgan fingerprint density at radius 1 is 1.10 bits per heavy atom. The monoisotopic (exact) mass is 324 g/mol. The normalized spacial score (nSPS) is 36.3. The summed E-state index contributed by atoms with van der Waals surface area (Å²) in [7, 11) is -0.681. The first-order valence-corrected chi connectivity index (χ1v) is 9.63. The van der Waals surface area contributed by atoms with Crippen molar-refractivity contribution in [1.82, 2.24) is 4.67 Å². The van der Waals surface area contributed by atoms with Crippen LogP contribution in [0.3, 0.4) is 0 Å². The molecule has 5 heteroatoms. The smallest absolute Gasteiger partial charge is 0.218 e. The Hall–Kier alpha value is -0.340. The number of alkyl halides is 1. The minimum Gasteiger partial charge on any atom is -0.322 e. The molecule has 4 atom stereocenters. The molecule has 2 aliphatic heterocycles. The van der Waals surface area contributed by atoms with Gasteiger partial charge in [0, 0.05) is 24.8 Å². The highest BCUT2D eigenvalue weighted by Crippen LogP contribution is 2.58. The highest BCUT2D eigenvalue weighted by molar-refractivity contribution is 7.52. The van der Waals surface area contributed by atoms with Crippen LogP contribution in [0.25, 0.3) is 0 Å². The van der Waals surface area contributed by atoms with Crippen molar-refractivity contribution in [2.45, 2.75) is 49.6 Å². The number of hydrogen-bond acceptors (Lipinski definition) is 3.